The Hall–Kier alpha value is -3.93. The number of aromatic carboxylic acids is 1. The molecule has 1 heterocycles. The van der Waals surface area contributed by atoms with E-state index in [0.717, 1.165) is 5.56 Å². The monoisotopic (exact) mass is 581 g/mol. The van der Waals surface area contributed by atoms with Gasteiger partial charge in [-0.1, -0.05) is 43.3 Å². The molecule has 0 unspecified atom stereocenters. The van der Waals surface area contributed by atoms with E-state index in [-0.39, 0.29) is 45.9 Å². The van der Waals surface area contributed by atoms with Crippen molar-refractivity contribution < 1.29 is 33.0 Å². The molecular formula is C30H35N3O7S. The number of benzene rings is 3. The molecule has 41 heavy (non-hydrogen) atoms. The molecule has 0 bridgehead atoms. The van der Waals surface area contributed by atoms with Gasteiger partial charge in [0.1, 0.15) is 6.10 Å². The number of fused-ring (bicyclic) bond motifs is 1. The lowest BCUT2D eigenvalue weighted by atomic mass is 9.99. The number of anilines is 1. The van der Waals surface area contributed by atoms with Crippen molar-refractivity contribution in [3.63, 3.8) is 0 Å². The minimum atomic E-state index is -3.97. The number of carbonyl (C=O) groups is 2. The van der Waals surface area contributed by atoms with E-state index >= 15 is 0 Å². The molecule has 0 aliphatic carbocycles. The first-order valence-corrected chi connectivity index (χ1v) is 14.8. The molecule has 3 aromatic rings. The summed E-state index contributed by atoms with van der Waals surface area (Å²) in [6.07, 6.45) is -0.457. The van der Waals surface area contributed by atoms with Crippen LogP contribution in [-0.2, 0) is 16.6 Å². The fraction of sp³-hybridized carbons (Fsp3) is 0.333. The summed E-state index contributed by atoms with van der Waals surface area (Å²) in [5.41, 5.74) is 1.46. The predicted octanol–water partition coefficient (Wildman–Crippen LogP) is 3.54. The van der Waals surface area contributed by atoms with Crippen LogP contribution in [0.25, 0.3) is 0 Å². The molecule has 1 aliphatic heterocycles. The highest BCUT2D eigenvalue weighted by Crippen LogP contribution is 2.36. The van der Waals surface area contributed by atoms with Crippen LogP contribution in [0, 0.1) is 5.92 Å². The Balaban J connectivity index is 1.67. The molecule has 1 amide bonds. The van der Waals surface area contributed by atoms with Crippen LogP contribution in [-0.4, -0.2) is 79.2 Å². The molecule has 4 rings (SSSR count). The summed E-state index contributed by atoms with van der Waals surface area (Å²) in [6.45, 7) is 4.74. The van der Waals surface area contributed by atoms with Crippen molar-refractivity contribution in [2.75, 3.05) is 31.5 Å². The van der Waals surface area contributed by atoms with Gasteiger partial charge in [-0.25, -0.2) is 13.2 Å². The Morgan fingerprint density at radius 3 is 2.41 bits per heavy atom. The highest BCUT2D eigenvalue weighted by molar-refractivity contribution is 7.92. The number of carbonyl (C=O) groups excluding carboxylic acids is 1. The number of rotatable bonds is 10. The smallest absolute Gasteiger partial charge is 0.335 e. The summed E-state index contributed by atoms with van der Waals surface area (Å²) < 4.78 is 35.5. The molecule has 0 saturated carbocycles. The van der Waals surface area contributed by atoms with Crippen molar-refractivity contribution in [2.24, 2.45) is 5.92 Å². The van der Waals surface area contributed by atoms with E-state index in [0.29, 0.717) is 19.6 Å². The lowest BCUT2D eigenvalue weighted by Gasteiger charge is -2.38. The normalized spacial score (nSPS) is 18.2. The fourth-order valence-electron chi connectivity index (χ4n) is 4.78. The maximum Gasteiger partial charge on any atom is 0.335 e. The van der Waals surface area contributed by atoms with Gasteiger partial charge in [-0.3, -0.25) is 14.4 Å². The maximum absolute atomic E-state index is 13.7. The van der Waals surface area contributed by atoms with Crippen LogP contribution in [0.2, 0.25) is 0 Å². The fourth-order valence-corrected chi connectivity index (χ4v) is 5.86. The van der Waals surface area contributed by atoms with E-state index in [9.17, 15) is 28.2 Å². The molecule has 0 spiro atoms. The van der Waals surface area contributed by atoms with E-state index < -0.39 is 28.1 Å². The summed E-state index contributed by atoms with van der Waals surface area (Å²) in [6, 6.07) is 18.9. The van der Waals surface area contributed by atoms with Crippen LogP contribution in [0.1, 0.15) is 40.1 Å². The lowest BCUT2D eigenvalue weighted by molar-refractivity contribution is 0.0343. The quantitative estimate of drug-likeness (QED) is 0.331. The number of ether oxygens (including phenoxy) is 1. The average Bonchev–Trinajstić information content (AvgIpc) is 2.95. The third-order valence-corrected chi connectivity index (χ3v) is 8.52. The van der Waals surface area contributed by atoms with Crippen molar-refractivity contribution in [1.29, 1.82) is 0 Å². The summed E-state index contributed by atoms with van der Waals surface area (Å²) in [5, 5.41) is 19.1. The van der Waals surface area contributed by atoms with Gasteiger partial charge >= 0.3 is 5.97 Å². The third kappa shape index (κ3) is 7.05. The van der Waals surface area contributed by atoms with Crippen molar-refractivity contribution in [1.82, 2.24) is 9.80 Å². The Bertz CT molecular complexity index is 1480. The first kappa shape index (κ1) is 30.0. The minimum absolute atomic E-state index is 0.0730. The summed E-state index contributed by atoms with van der Waals surface area (Å²) in [4.78, 5) is 28.6. The first-order chi connectivity index (χ1) is 19.5. The maximum atomic E-state index is 13.7. The average molecular weight is 582 g/mol. The zero-order valence-corrected chi connectivity index (χ0v) is 24.0. The van der Waals surface area contributed by atoms with E-state index in [4.69, 9.17) is 4.74 Å². The van der Waals surface area contributed by atoms with Gasteiger partial charge in [0, 0.05) is 25.6 Å². The van der Waals surface area contributed by atoms with Crippen LogP contribution >= 0.6 is 0 Å². The highest BCUT2D eigenvalue weighted by atomic mass is 32.2. The van der Waals surface area contributed by atoms with Gasteiger partial charge in [-0.15, -0.1) is 0 Å². The Labute approximate surface area is 240 Å². The highest BCUT2D eigenvalue weighted by Gasteiger charge is 2.35. The first-order valence-electron chi connectivity index (χ1n) is 13.3. The predicted molar refractivity (Wildman–Crippen MR) is 155 cm³/mol. The molecule has 0 fully saturated rings. The van der Waals surface area contributed by atoms with Crippen LogP contribution in [0.3, 0.4) is 0 Å². The number of hydrogen-bond donors (Lipinski definition) is 3. The molecular weight excluding hydrogens is 546 g/mol. The SMILES string of the molecule is C[C@H](CO)N1C[C@H](C)[C@@H](CN(C)Cc2ccc(C(=O)O)cc2)Oc2c(NS(=O)(=O)c3ccccc3)cccc2C1=O. The number of nitrogens with one attached hydrogen (secondary N) is 1. The topological polar surface area (TPSA) is 136 Å². The van der Waals surface area contributed by atoms with Crippen molar-refractivity contribution >= 4 is 27.6 Å². The zero-order valence-electron chi connectivity index (χ0n) is 23.2. The molecule has 0 radical (unpaired) electrons. The molecule has 10 nitrogen and oxygen atoms in total. The van der Waals surface area contributed by atoms with E-state index in [1.807, 2.05) is 18.9 Å². The van der Waals surface area contributed by atoms with Crippen molar-refractivity contribution in [3.05, 3.63) is 89.5 Å². The molecule has 0 aromatic heterocycles. The second-order valence-electron chi connectivity index (χ2n) is 10.4. The van der Waals surface area contributed by atoms with Gasteiger partial charge < -0.3 is 19.8 Å². The molecule has 1 aliphatic rings. The summed E-state index contributed by atoms with van der Waals surface area (Å²) >= 11 is 0. The molecule has 218 valence electrons. The van der Waals surface area contributed by atoms with Gasteiger partial charge in [-0.2, -0.15) is 0 Å². The molecule has 11 heteroatoms. The number of aliphatic hydroxyl groups is 1. The van der Waals surface area contributed by atoms with Crippen molar-refractivity contribution in [3.8, 4) is 5.75 Å². The number of sulfonamides is 1. The Morgan fingerprint density at radius 2 is 1.78 bits per heavy atom. The number of amides is 1. The molecule has 3 N–H and O–H groups in total. The van der Waals surface area contributed by atoms with Gasteiger partial charge in [0.2, 0.25) is 0 Å². The second-order valence-corrected chi connectivity index (χ2v) is 12.1. The van der Waals surface area contributed by atoms with Crippen LogP contribution in [0.4, 0.5) is 5.69 Å². The van der Waals surface area contributed by atoms with Crippen LogP contribution in [0.5, 0.6) is 5.75 Å². The lowest BCUT2D eigenvalue weighted by Crippen LogP contribution is -2.49. The second kappa shape index (κ2) is 12.7. The summed E-state index contributed by atoms with van der Waals surface area (Å²) in [7, 11) is -2.06. The molecule has 3 aromatic carbocycles. The molecule has 3 atom stereocenters. The van der Waals surface area contributed by atoms with Gasteiger partial charge in [0.05, 0.1) is 34.4 Å². The van der Waals surface area contributed by atoms with Gasteiger partial charge in [0.15, 0.2) is 5.75 Å². The third-order valence-electron chi connectivity index (χ3n) is 7.13. The number of aliphatic hydroxyl groups excluding tert-OH is 1. The van der Waals surface area contributed by atoms with Crippen molar-refractivity contribution in [2.45, 2.75) is 37.4 Å². The van der Waals surface area contributed by atoms with Gasteiger partial charge in [0.25, 0.3) is 15.9 Å². The number of carboxylic acids is 1. The minimum Gasteiger partial charge on any atom is -0.486 e. The van der Waals surface area contributed by atoms with E-state index in [1.165, 1.54) is 12.1 Å². The number of nitrogens with zero attached hydrogens (tertiary/aromatic N) is 2. The standard InChI is InChI=1S/C30H35N3O7S/c1-20-16-33(21(2)19-34)29(35)25-10-7-11-26(31-41(38,39)24-8-5-4-6-9-24)28(25)40-27(20)18-32(3)17-22-12-14-23(15-13-22)30(36)37/h4-15,20-21,27,31,34H,16-19H2,1-3H3,(H,36,37)/t20-,21+,27+/m0/s1. The largest absolute Gasteiger partial charge is 0.486 e. The molecule has 0 saturated heterocycles. The number of para-hydroxylation sites is 1. The Kier molecular flexibility index (Phi) is 9.31. The van der Waals surface area contributed by atoms with E-state index in [1.54, 1.807) is 72.5 Å². The van der Waals surface area contributed by atoms with Crippen LogP contribution < -0.4 is 9.46 Å². The van der Waals surface area contributed by atoms with E-state index in [2.05, 4.69) is 4.72 Å². The van der Waals surface area contributed by atoms with Crippen LogP contribution in [0.15, 0.2) is 77.7 Å². The van der Waals surface area contributed by atoms with Gasteiger partial charge in [-0.05, 0) is 55.9 Å². The zero-order chi connectivity index (χ0) is 29.7. The number of hydrogen-bond acceptors (Lipinski definition) is 7. The summed E-state index contributed by atoms with van der Waals surface area (Å²) in [5.74, 6) is -1.41. The number of likely N-dealkylation sites (N-methyl/N-ethyl adjacent to an activating group) is 1. The number of carboxylic acid groups (broad SMARTS) is 1. The Morgan fingerprint density at radius 1 is 1.10 bits per heavy atom.